The molecule has 0 bridgehead atoms. The zero-order chi connectivity index (χ0) is 10.1. The molecule has 3 heteroatoms. The molecule has 0 saturated carbocycles. The van der Waals surface area contributed by atoms with Gasteiger partial charge in [-0.2, -0.15) is 0 Å². The van der Waals surface area contributed by atoms with Crippen molar-refractivity contribution in [3.63, 3.8) is 0 Å². The van der Waals surface area contributed by atoms with Gasteiger partial charge in [-0.25, -0.2) is 0 Å². The fourth-order valence-electron chi connectivity index (χ4n) is 0.938. The van der Waals surface area contributed by atoms with Crippen LogP contribution in [0.4, 0.5) is 0 Å². The van der Waals surface area contributed by atoms with Gasteiger partial charge in [0, 0.05) is 25.4 Å². The molecular formula is C10H20N2O. The Morgan fingerprint density at radius 2 is 2.15 bits per heavy atom. The fourth-order valence-corrected chi connectivity index (χ4v) is 0.938. The van der Waals surface area contributed by atoms with Crippen LogP contribution in [0.25, 0.3) is 0 Å². The third-order valence-corrected chi connectivity index (χ3v) is 1.87. The highest BCUT2D eigenvalue weighted by Crippen LogP contribution is 1.93. The van der Waals surface area contributed by atoms with Gasteiger partial charge in [-0.1, -0.05) is 19.9 Å². The zero-order valence-electron chi connectivity index (χ0n) is 8.60. The topological polar surface area (TPSA) is 41.1 Å². The van der Waals surface area contributed by atoms with Gasteiger partial charge >= 0.3 is 0 Å². The molecule has 0 radical (unpaired) electrons. The Balaban J connectivity index is 3.58. The van der Waals surface area contributed by atoms with E-state index >= 15 is 0 Å². The lowest BCUT2D eigenvalue weighted by Gasteiger charge is -2.13. The van der Waals surface area contributed by atoms with Gasteiger partial charge in [0.15, 0.2) is 0 Å². The van der Waals surface area contributed by atoms with Crippen LogP contribution in [-0.4, -0.2) is 25.5 Å². The molecule has 13 heavy (non-hydrogen) atoms. The minimum Gasteiger partial charge on any atom is -0.355 e. The molecule has 2 N–H and O–H groups in total. The summed E-state index contributed by atoms with van der Waals surface area (Å²) in [6.45, 7) is 10.1. The van der Waals surface area contributed by atoms with Crippen LogP contribution in [0.15, 0.2) is 12.7 Å². The number of hydrogen-bond acceptors (Lipinski definition) is 2. The van der Waals surface area contributed by atoms with Gasteiger partial charge in [0.2, 0.25) is 5.91 Å². The number of hydrogen-bond donors (Lipinski definition) is 2. The first-order valence-corrected chi connectivity index (χ1v) is 4.84. The average Bonchev–Trinajstić information content (AvgIpc) is 2.17. The Morgan fingerprint density at radius 1 is 1.46 bits per heavy atom. The molecule has 0 rings (SSSR count). The highest BCUT2D eigenvalue weighted by atomic mass is 16.1. The van der Waals surface area contributed by atoms with Gasteiger partial charge in [-0.3, -0.25) is 4.79 Å². The lowest BCUT2D eigenvalue weighted by Crippen LogP contribution is -2.33. The van der Waals surface area contributed by atoms with Crippen molar-refractivity contribution in [3.8, 4) is 0 Å². The summed E-state index contributed by atoms with van der Waals surface area (Å²) >= 11 is 0. The SMILES string of the molecule is C=CC(CNCC)CNC(=O)CC. The lowest BCUT2D eigenvalue weighted by molar-refractivity contribution is -0.120. The van der Waals surface area contributed by atoms with Crippen molar-refractivity contribution in [3.05, 3.63) is 12.7 Å². The molecule has 0 aromatic carbocycles. The van der Waals surface area contributed by atoms with E-state index in [2.05, 4.69) is 24.1 Å². The van der Waals surface area contributed by atoms with Gasteiger partial charge in [0.25, 0.3) is 0 Å². The second-order valence-corrected chi connectivity index (χ2v) is 2.96. The molecule has 1 atom stereocenters. The summed E-state index contributed by atoms with van der Waals surface area (Å²) in [4.78, 5) is 10.9. The molecule has 0 aliphatic rings. The van der Waals surface area contributed by atoms with E-state index in [0.717, 1.165) is 13.1 Å². The van der Waals surface area contributed by atoms with Crippen molar-refractivity contribution in [2.24, 2.45) is 5.92 Å². The van der Waals surface area contributed by atoms with E-state index in [9.17, 15) is 4.79 Å². The van der Waals surface area contributed by atoms with Gasteiger partial charge in [0.05, 0.1) is 0 Å². The summed E-state index contributed by atoms with van der Waals surface area (Å²) < 4.78 is 0. The van der Waals surface area contributed by atoms with E-state index in [1.165, 1.54) is 0 Å². The van der Waals surface area contributed by atoms with Crippen molar-refractivity contribution in [2.75, 3.05) is 19.6 Å². The molecule has 1 unspecified atom stereocenters. The molecule has 0 saturated heterocycles. The van der Waals surface area contributed by atoms with Crippen molar-refractivity contribution in [1.29, 1.82) is 0 Å². The van der Waals surface area contributed by atoms with Crippen molar-refractivity contribution >= 4 is 5.91 Å². The minimum atomic E-state index is 0.100. The van der Waals surface area contributed by atoms with E-state index in [1.807, 2.05) is 13.0 Å². The molecule has 0 spiro atoms. The van der Waals surface area contributed by atoms with Gasteiger partial charge in [-0.05, 0) is 6.54 Å². The van der Waals surface area contributed by atoms with Gasteiger partial charge < -0.3 is 10.6 Å². The molecule has 0 aliphatic heterocycles. The number of rotatable bonds is 7. The molecule has 0 heterocycles. The predicted octanol–water partition coefficient (Wildman–Crippen LogP) is 0.924. The first-order chi connectivity index (χ1) is 6.24. The maximum atomic E-state index is 10.9. The van der Waals surface area contributed by atoms with E-state index in [1.54, 1.807) is 0 Å². The van der Waals surface area contributed by atoms with Crippen LogP contribution in [0.3, 0.4) is 0 Å². The second-order valence-electron chi connectivity index (χ2n) is 2.96. The maximum absolute atomic E-state index is 10.9. The maximum Gasteiger partial charge on any atom is 0.219 e. The monoisotopic (exact) mass is 184 g/mol. The Bertz CT molecular complexity index is 157. The van der Waals surface area contributed by atoms with E-state index in [0.29, 0.717) is 18.9 Å². The minimum absolute atomic E-state index is 0.100. The summed E-state index contributed by atoms with van der Waals surface area (Å²) in [7, 11) is 0. The molecule has 0 aliphatic carbocycles. The summed E-state index contributed by atoms with van der Waals surface area (Å²) in [5.41, 5.74) is 0. The molecule has 3 nitrogen and oxygen atoms in total. The van der Waals surface area contributed by atoms with Crippen LogP contribution in [0.1, 0.15) is 20.3 Å². The normalized spacial score (nSPS) is 12.2. The first-order valence-electron chi connectivity index (χ1n) is 4.84. The molecule has 1 amide bonds. The second kappa shape index (κ2) is 7.80. The fraction of sp³-hybridized carbons (Fsp3) is 0.700. The Morgan fingerprint density at radius 3 is 2.62 bits per heavy atom. The predicted molar refractivity (Wildman–Crippen MR) is 55.5 cm³/mol. The van der Waals surface area contributed by atoms with Crippen LogP contribution in [-0.2, 0) is 4.79 Å². The standard InChI is InChI=1S/C10H20N2O/c1-4-9(7-11-6-3)8-12-10(13)5-2/h4,9,11H,1,5-8H2,2-3H3,(H,12,13). The third kappa shape index (κ3) is 6.34. The number of carbonyl (C=O) groups excluding carboxylic acids is 1. The Kier molecular flexibility index (Phi) is 7.30. The van der Waals surface area contributed by atoms with E-state index in [4.69, 9.17) is 0 Å². The highest BCUT2D eigenvalue weighted by Gasteiger charge is 2.04. The van der Waals surface area contributed by atoms with Crippen LogP contribution in [0, 0.1) is 5.92 Å². The van der Waals surface area contributed by atoms with Crippen molar-refractivity contribution < 1.29 is 4.79 Å². The molecule has 76 valence electrons. The molecule has 0 fully saturated rings. The lowest BCUT2D eigenvalue weighted by atomic mass is 10.1. The summed E-state index contributed by atoms with van der Waals surface area (Å²) in [5, 5.41) is 6.06. The zero-order valence-corrected chi connectivity index (χ0v) is 8.60. The van der Waals surface area contributed by atoms with E-state index < -0.39 is 0 Å². The average molecular weight is 184 g/mol. The van der Waals surface area contributed by atoms with Crippen LogP contribution >= 0.6 is 0 Å². The van der Waals surface area contributed by atoms with Gasteiger partial charge in [0.1, 0.15) is 0 Å². The van der Waals surface area contributed by atoms with Gasteiger partial charge in [-0.15, -0.1) is 6.58 Å². The molecular weight excluding hydrogens is 164 g/mol. The number of nitrogens with one attached hydrogen (secondary N) is 2. The first kappa shape index (κ1) is 12.2. The van der Waals surface area contributed by atoms with Crippen LogP contribution in [0.5, 0.6) is 0 Å². The number of amides is 1. The summed E-state index contributed by atoms with van der Waals surface area (Å²) in [6, 6.07) is 0. The quantitative estimate of drug-likeness (QED) is 0.578. The Hall–Kier alpha value is -0.830. The molecule has 0 aromatic heterocycles. The van der Waals surface area contributed by atoms with E-state index in [-0.39, 0.29) is 5.91 Å². The van der Waals surface area contributed by atoms with Crippen molar-refractivity contribution in [1.82, 2.24) is 10.6 Å². The smallest absolute Gasteiger partial charge is 0.219 e. The number of carbonyl (C=O) groups is 1. The highest BCUT2D eigenvalue weighted by molar-refractivity contribution is 5.75. The molecule has 0 aromatic rings. The van der Waals surface area contributed by atoms with Crippen LogP contribution < -0.4 is 10.6 Å². The largest absolute Gasteiger partial charge is 0.355 e. The summed E-state index contributed by atoms with van der Waals surface area (Å²) in [6.07, 6.45) is 2.42. The summed E-state index contributed by atoms with van der Waals surface area (Å²) in [5.74, 6) is 0.429. The van der Waals surface area contributed by atoms with Crippen LogP contribution in [0.2, 0.25) is 0 Å². The van der Waals surface area contributed by atoms with Crippen molar-refractivity contribution in [2.45, 2.75) is 20.3 Å². The Labute approximate surface area is 80.6 Å². The third-order valence-electron chi connectivity index (χ3n) is 1.87.